The molecule has 3 aromatic rings. The number of morpholine rings is 2. The van der Waals surface area contributed by atoms with E-state index in [4.69, 9.17) is 9.47 Å². The zero-order chi connectivity index (χ0) is 24.0. The smallest absolute Gasteiger partial charge is 0.261 e. The minimum atomic E-state index is -0.0166. The second kappa shape index (κ2) is 11.4. The standard InChI is InChI=1S/C28H33N3O3S/c1-21-7-9-23(10-8-21)25(30-11-15-33-16-12-30)20-29-27(32)26-19-24(22-5-3-2-4-6-22)28(35-26)31-13-17-34-18-14-31/h2-10,19,25H,11-18,20H2,1H3,(H,29,32). The third-order valence-electron chi connectivity index (χ3n) is 6.72. The van der Waals surface area contributed by atoms with Gasteiger partial charge >= 0.3 is 0 Å². The van der Waals surface area contributed by atoms with Gasteiger partial charge in [0.2, 0.25) is 0 Å². The van der Waals surface area contributed by atoms with Gasteiger partial charge in [-0.15, -0.1) is 11.3 Å². The van der Waals surface area contributed by atoms with Gasteiger partial charge in [-0.05, 0) is 24.1 Å². The first-order valence-corrected chi connectivity index (χ1v) is 13.2. The molecule has 1 N–H and O–H groups in total. The van der Waals surface area contributed by atoms with Gasteiger partial charge in [0, 0.05) is 38.3 Å². The normalized spacial score (nSPS) is 17.8. The van der Waals surface area contributed by atoms with E-state index in [1.54, 1.807) is 11.3 Å². The molecule has 184 valence electrons. The number of hydrogen-bond acceptors (Lipinski definition) is 6. The Morgan fingerprint density at radius 2 is 1.60 bits per heavy atom. The van der Waals surface area contributed by atoms with Crippen LogP contribution in [-0.2, 0) is 9.47 Å². The van der Waals surface area contributed by atoms with Gasteiger partial charge in [-0.25, -0.2) is 0 Å². The van der Waals surface area contributed by atoms with Gasteiger partial charge < -0.3 is 19.7 Å². The molecule has 5 rings (SSSR count). The van der Waals surface area contributed by atoms with Crippen molar-refractivity contribution in [2.24, 2.45) is 0 Å². The molecule has 0 saturated carbocycles. The van der Waals surface area contributed by atoms with Crippen LogP contribution in [0.3, 0.4) is 0 Å². The average Bonchev–Trinajstić information content (AvgIpc) is 3.37. The molecule has 2 aliphatic rings. The predicted octanol–water partition coefficient (Wildman–Crippen LogP) is 4.36. The lowest BCUT2D eigenvalue weighted by Gasteiger charge is -2.35. The maximum absolute atomic E-state index is 13.4. The van der Waals surface area contributed by atoms with Crippen LogP contribution in [0.25, 0.3) is 11.1 Å². The Morgan fingerprint density at radius 3 is 2.29 bits per heavy atom. The van der Waals surface area contributed by atoms with Crippen molar-refractivity contribution in [1.82, 2.24) is 10.2 Å². The number of thiophene rings is 1. The molecule has 6 nitrogen and oxygen atoms in total. The lowest BCUT2D eigenvalue weighted by atomic mass is 10.0. The number of carbonyl (C=O) groups is 1. The highest BCUT2D eigenvalue weighted by Crippen LogP contribution is 2.39. The summed E-state index contributed by atoms with van der Waals surface area (Å²) in [5.41, 5.74) is 4.71. The van der Waals surface area contributed by atoms with Crippen molar-refractivity contribution in [1.29, 1.82) is 0 Å². The van der Waals surface area contributed by atoms with Gasteiger partial charge in [-0.3, -0.25) is 9.69 Å². The van der Waals surface area contributed by atoms with Gasteiger partial charge in [0.05, 0.1) is 42.3 Å². The molecule has 1 atom stereocenters. The fraction of sp³-hybridized carbons (Fsp3) is 0.393. The molecule has 2 fully saturated rings. The summed E-state index contributed by atoms with van der Waals surface area (Å²) in [5, 5.41) is 4.40. The summed E-state index contributed by atoms with van der Waals surface area (Å²) < 4.78 is 11.1. The summed E-state index contributed by atoms with van der Waals surface area (Å²) in [6.45, 7) is 8.96. The molecule has 2 aliphatic heterocycles. The van der Waals surface area contributed by atoms with E-state index in [9.17, 15) is 4.79 Å². The lowest BCUT2D eigenvalue weighted by Crippen LogP contribution is -2.43. The molecule has 1 amide bonds. The molecule has 7 heteroatoms. The second-order valence-electron chi connectivity index (χ2n) is 9.08. The first kappa shape index (κ1) is 24.0. The molecular formula is C28H33N3O3S. The molecule has 1 aromatic heterocycles. The number of nitrogens with zero attached hydrogens (tertiary/aromatic N) is 2. The van der Waals surface area contributed by atoms with Crippen LogP contribution in [0.5, 0.6) is 0 Å². The van der Waals surface area contributed by atoms with Gasteiger partial charge in [0.25, 0.3) is 5.91 Å². The molecule has 1 unspecified atom stereocenters. The summed E-state index contributed by atoms with van der Waals surface area (Å²) in [6.07, 6.45) is 0. The van der Waals surface area contributed by atoms with E-state index >= 15 is 0 Å². The van der Waals surface area contributed by atoms with Crippen molar-refractivity contribution >= 4 is 22.2 Å². The minimum absolute atomic E-state index is 0.0166. The van der Waals surface area contributed by atoms with Crippen LogP contribution in [0.15, 0.2) is 60.7 Å². The summed E-state index contributed by atoms with van der Waals surface area (Å²) >= 11 is 1.58. The predicted molar refractivity (Wildman–Crippen MR) is 141 cm³/mol. The van der Waals surface area contributed by atoms with Crippen molar-refractivity contribution in [2.75, 3.05) is 64.1 Å². The fourth-order valence-corrected chi connectivity index (χ4v) is 5.88. The number of aryl methyl sites for hydroxylation is 1. The average molecular weight is 492 g/mol. The number of ether oxygens (including phenoxy) is 2. The first-order chi connectivity index (χ1) is 17.2. The third kappa shape index (κ3) is 5.76. The molecule has 0 bridgehead atoms. The quantitative estimate of drug-likeness (QED) is 0.532. The number of nitrogens with one attached hydrogen (secondary N) is 1. The largest absolute Gasteiger partial charge is 0.379 e. The van der Waals surface area contributed by atoms with Crippen LogP contribution < -0.4 is 10.2 Å². The van der Waals surface area contributed by atoms with Crippen LogP contribution in [-0.4, -0.2) is 70.0 Å². The first-order valence-electron chi connectivity index (χ1n) is 12.4. The molecule has 2 aromatic carbocycles. The zero-order valence-electron chi connectivity index (χ0n) is 20.2. The number of amides is 1. The number of benzene rings is 2. The highest BCUT2D eigenvalue weighted by atomic mass is 32.1. The van der Waals surface area contributed by atoms with Crippen LogP contribution in [0, 0.1) is 6.92 Å². The Morgan fingerprint density at radius 1 is 0.943 bits per heavy atom. The molecule has 3 heterocycles. The molecule has 0 aliphatic carbocycles. The van der Waals surface area contributed by atoms with Gasteiger partial charge in [0.15, 0.2) is 0 Å². The summed E-state index contributed by atoms with van der Waals surface area (Å²) in [4.78, 5) is 18.9. The van der Waals surface area contributed by atoms with Gasteiger partial charge in [-0.2, -0.15) is 0 Å². The number of hydrogen-bond donors (Lipinski definition) is 1. The number of carbonyl (C=O) groups excluding carboxylic acids is 1. The highest BCUT2D eigenvalue weighted by molar-refractivity contribution is 7.18. The van der Waals surface area contributed by atoms with Crippen LogP contribution >= 0.6 is 11.3 Å². The van der Waals surface area contributed by atoms with Crippen molar-refractivity contribution in [3.05, 3.63) is 76.7 Å². The van der Waals surface area contributed by atoms with Crippen molar-refractivity contribution in [3.8, 4) is 11.1 Å². The van der Waals surface area contributed by atoms with Gasteiger partial charge in [-0.1, -0.05) is 60.2 Å². The fourth-order valence-electron chi connectivity index (χ4n) is 4.73. The molecular weight excluding hydrogens is 458 g/mol. The Labute approximate surface area is 211 Å². The van der Waals surface area contributed by atoms with E-state index in [0.717, 1.165) is 60.4 Å². The zero-order valence-corrected chi connectivity index (χ0v) is 21.1. The van der Waals surface area contributed by atoms with E-state index in [-0.39, 0.29) is 11.9 Å². The Kier molecular flexibility index (Phi) is 7.79. The van der Waals surface area contributed by atoms with Crippen molar-refractivity contribution in [2.45, 2.75) is 13.0 Å². The number of rotatable bonds is 7. The number of anilines is 1. The lowest BCUT2D eigenvalue weighted by molar-refractivity contribution is 0.0162. The topological polar surface area (TPSA) is 54.0 Å². The summed E-state index contributed by atoms with van der Waals surface area (Å²) in [6, 6.07) is 21.1. The van der Waals surface area contributed by atoms with Crippen molar-refractivity contribution in [3.63, 3.8) is 0 Å². The Bertz CT molecular complexity index is 1100. The third-order valence-corrected chi connectivity index (χ3v) is 7.92. The van der Waals surface area contributed by atoms with E-state index in [0.29, 0.717) is 19.8 Å². The van der Waals surface area contributed by atoms with E-state index in [1.165, 1.54) is 11.1 Å². The molecule has 0 radical (unpaired) electrons. The Hall–Kier alpha value is -2.71. The molecule has 0 spiro atoms. The highest BCUT2D eigenvalue weighted by Gasteiger charge is 2.25. The van der Waals surface area contributed by atoms with Crippen LogP contribution in [0.1, 0.15) is 26.8 Å². The monoisotopic (exact) mass is 491 g/mol. The Balaban J connectivity index is 1.37. The van der Waals surface area contributed by atoms with E-state index in [2.05, 4.69) is 64.5 Å². The van der Waals surface area contributed by atoms with E-state index in [1.807, 2.05) is 18.2 Å². The summed E-state index contributed by atoms with van der Waals surface area (Å²) in [7, 11) is 0. The maximum atomic E-state index is 13.4. The minimum Gasteiger partial charge on any atom is -0.379 e. The summed E-state index contributed by atoms with van der Waals surface area (Å²) in [5.74, 6) is -0.0166. The molecule has 35 heavy (non-hydrogen) atoms. The maximum Gasteiger partial charge on any atom is 0.261 e. The van der Waals surface area contributed by atoms with Crippen LogP contribution in [0.4, 0.5) is 5.00 Å². The van der Waals surface area contributed by atoms with Gasteiger partial charge in [0.1, 0.15) is 0 Å². The SMILES string of the molecule is Cc1ccc(C(CNC(=O)c2cc(-c3ccccc3)c(N3CCOCC3)s2)N2CCOCC2)cc1. The van der Waals surface area contributed by atoms with Crippen LogP contribution in [0.2, 0.25) is 0 Å². The van der Waals surface area contributed by atoms with E-state index < -0.39 is 0 Å². The van der Waals surface area contributed by atoms with Crippen molar-refractivity contribution < 1.29 is 14.3 Å². The molecule has 2 saturated heterocycles. The second-order valence-corrected chi connectivity index (χ2v) is 10.1.